The Labute approximate surface area is 139 Å². The average molecular weight is 331 g/mol. The van der Waals surface area contributed by atoms with Crippen LogP contribution in [0, 0.1) is 5.82 Å². The van der Waals surface area contributed by atoms with Crippen molar-refractivity contribution in [2.75, 3.05) is 27.4 Å². The maximum absolute atomic E-state index is 13.3. The van der Waals surface area contributed by atoms with E-state index in [0.717, 1.165) is 5.56 Å². The average Bonchev–Trinajstić information content (AvgIpc) is 2.60. The summed E-state index contributed by atoms with van der Waals surface area (Å²) in [5, 5.41) is 0. The first kappa shape index (κ1) is 16.1. The van der Waals surface area contributed by atoms with E-state index < -0.39 is 0 Å². The highest BCUT2D eigenvalue weighted by molar-refractivity contribution is 5.95. The Bertz CT molecular complexity index is 745. The molecule has 0 aliphatic carbocycles. The summed E-state index contributed by atoms with van der Waals surface area (Å²) >= 11 is 0. The smallest absolute Gasteiger partial charge is 0.254 e. The van der Waals surface area contributed by atoms with Crippen LogP contribution in [0.25, 0.3) is 0 Å². The number of fused-ring (bicyclic) bond motifs is 1. The van der Waals surface area contributed by atoms with E-state index >= 15 is 0 Å². The normalized spacial score (nSPS) is 12.6. The van der Waals surface area contributed by atoms with E-state index in [1.165, 1.54) is 24.1 Å². The molecule has 5 nitrogen and oxygen atoms in total. The van der Waals surface area contributed by atoms with Crippen LogP contribution in [0.2, 0.25) is 0 Å². The number of benzene rings is 2. The van der Waals surface area contributed by atoms with E-state index in [9.17, 15) is 9.18 Å². The van der Waals surface area contributed by atoms with Crippen LogP contribution >= 0.6 is 0 Å². The van der Waals surface area contributed by atoms with Crippen molar-refractivity contribution >= 4 is 5.91 Å². The number of methoxy groups -OCH3 is 1. The molecule has 6 heteroatoms. The molecule has 0 atom stereocenters. The van der Waals surface area contributed by atoms with Gasteiger partial charge in [0.2, 0.25) is 5.75 Å². The quantitative estimate of drug-likeness (QED) is 0.864. The van der Waals surface area contributed by atoms with E-state index in [0.29, 0.717) is 42.6 Å². The number of carbonyl (C=O) groups excluding carboxylic acids is 1. The van der Waals surface area contributed by atoms with Crippen molar-refractivity contribution in [2.45, 2.75) is 6.54 Å². The Kier molecular flexibility index (Phi) is 4.55. The van der Waals surface area contributed by atoms with E-state index in [2.05, 4.69) is 0 Å². The number of hydrogen-bond donors (Lipinski definition) is 0. The van der Waals surface area contributed by atoms with E-state index in [-0.39, 0.29) is 11.7 Å². The van der Waals surface area contributed by atoms with Crippen molar-refractivity contribution in [3.63, 3.8) is 0 Å². The van der Waals surface area contributed by atoms with Gasteiger partial charge in [0.25, 0.3) is 5.91 Å². The van der Waals surface area contributed by atoms with Gasteiger partial charge in [-0.2, -0.15) is 0 Å². The van der Waals surface area contributed by atoms with Crippen LogP contribution in [0.4, 0.5) is 4.39 Å². The third-order valence-electron chi connectivity index (χ3n) is 3.73. The van der Waals surface area contributed by atoms with E-state index in [1.54, 1.807) is 31.3 Å². The van der Waals surface area contributed by atoms with Crippen LogP contribution in [-0.4, -0.2) is 38.2 Å². The van der Waals surface area contributed by atoms with Crippen molar-refractivity contribution in [1.82, 2.24) is 4.90 Å². The zero-order valence-electron chi connectivity index (χ0n) is 13.5. The van der Waals surface area contributed by atoms with Crippen LogP contribution in [0.15, 0.2) is 36.4 Å². The summed E-state index contributed by atoms with van der Waals surface area (Å²) in [6.07, 6.45) is 0. The standard InChI is InChI=1S/C18H18FNO4/c1-20(11-12-4-3-5-14(19)8-12)18(21)13-9-15(22-2)17-16(10-13)23-6-7-24-17/h3-5,8-10H,6-7,11H2,1-2H3. The van der Waals surface area contributed by atoms with Crippen LogP contribution in [0.3, 0.4) is 0 Å². The lowest BCUT2D eigenvalue weighted by atomic mass is 10.1. The van der Waals surface area contributed by atoms with E-state index in [1.807, 2.05) is 0 Å². The van der Waals surface area contributed by atoms with Gasteiger partial charge in [0.05, 0.1) is 7.11 Å². The molecule has 1 aliphatic rings. The third-order valence-corrected chi connectivity index (χ3v) is 3.73. The molecule has 0 fully saturated rings. The van der Waals surface area contributed by atoms with Crippen molar-refractivity contribution in [1.29, 1.82) is 0 Å². The molecule has 0 saturated carbocycles. The molecular formula is C18H18FNO4. The Hall–Kier alpha value is -2.76. The van der Waals surface area contributed by atoms with Crippen molar-refractivity contribution < 1.29 is 23.4 Å². The first-order valence-electron chi connectivity index (χ1n) is 7.56. The van der Waals surface area contributed by atoms with Gasteiger partial charge >= 0.3 is 0 Å². The summed E-state index contributed by atoms with van der Waals surface area (Å²) in [4.78, 5) is 14.2. The molecule has 0 spiro atoms. The molecule has 0 unspecified atom stereocenters. The van der Waals surface area contributed by atoms with Crippen molar-refractivity contribution in [3.05, 3.63) is 53.3 Å². The van der Waals surface area contributed by atoms with Gasteiger partial charge in [0.1, 0.15) is 19.0 Å². The SMILES string of the molecule is COc1cc(C(=O)N(C)Cc2cccc(F)c2)cc2c1OCCO2. The summed E-state index contributed by atoms with van der Waals surface area (Å²) in [5.41, 5.74) is 1.14. The fraction of sp³-hybridized carbons (Fsp3) is 0.278. The molecule has 1 aliphatic heterocycles. The molecule has 1 heterocycles. The van der Waals surface area contributed by atoms with Crippen molar-refractivity contribution in [3.8, 4) is 17.2 Å². The van der Waals surface area contributed by atoms with Gasteiger partial charge in [-0.1, -0.05) is 12.1 Å². The number of ether oxygens (including phenoxy) is 3. The van der Waals surface area contributed by atoms with Gasteiger partial charge in [-0.05, 0) is 29.8 Å². The topological polar surface area (TPSA) is 48.0 Å². The number of carbonyl (C=O) groups is 1. The van der Waals surface area contributed by atoms with Crippen LogP contribution in [0.5, 0.6) is 17.2 Å². The lowest BCUT2D eigenvalue weighted by molar-refractivity contribution is 0.0783. The number of hydrogen-bond acceptors (Lipinski definition) is 4. The summed E-state index contributed by atoms with van der Waals surface area (Å²) in [6.45, 7) is 1.16. The minimum absolute atomic E-state index is 0.213. The summed E-state index contributed by atoms with van der Waals surface area (Å²) < 4.78 is 29.6. The molecule has 24 heavy (non-hydrogen) atoms. The van der Waals surface area contributed by atoms with Gasteiger partial charge in [-0.15, -0.1) is 0 Å². The maximum atomic E-state index is 13.3. The third kappa shape index (κ3) is 3.27. The fourth-order valence-corrected chi connectivity index (χ4v) is 2.60. The summed E-state index contributed by atoms with van der Waals surface area (Å²) in [6, 6.07) is 9.44. The second-order valence-electron chi connectivity index (χ2n) is 5.49. The Morgan fingerprint density at radius 3 is 2.79 bits per heavy atom. The fourth-order valence-electron chi connectivity index (χ4n) is 2.60. The first-order valence-corrected chi connectivity index (χ1v) is 7.56. The van der Waals surface area contributed by atoms with Gasteiger partial charge in [-0.25, -0.2) is 4.39 Å². The molecule has 0 N–H and O–H groups in total. The molecule has 2 aromatic rings. The summed E-state index contributed by atoms with van der Waals surface area (Å²) in [5.74, 6) is 0.912. The molecule has 0 saturated heterocycles. The number of amides is 1. The molecule has 0 radical (unpaired) electrons. The number of halogens is 1. The zero-order chi connectivity index (χ0) is 17.1. The minimum Gasteiger partial charge on any atom is -0.493 e. The molecule has 1 amide bonds. The van der Waals surface area contributed by atoms with Crippen LogP contribution < -0.4 is 14.2 Å². The monoisotopic (exact) mass is 331 g/mol. The second kappa shape index (κ2) is 6.78. The van der Waals surface area contributed by atoms with E-state index in [4.69, 9.17) is 14.2 Å². The number of nitrogens with zero attached hydrogens (tertiary/aromatic N) is 1. The Balaban J connectivity index is 1.83. The lowest BCUT2D eigenvalue weighted by Crippen LogP contribution is -2.26. The highest BCUT2D eigenvalue weighted by Gasteiger charge is 2.22. The first-order chi connectivity index (χ1) is 11.6. The summed E-state index contributed by atoms with van der Waals surface area (Å²) in [7, 11) is 3.18. The van der Waals surface area contributed by atoms with Crippen molar-refractivity contribution in [2.24, 2.45) is 0 Å². The Morgan fingerprint density at radius 1 is 1.25 bits per heavy atom. The molecule has 2 aromatic carbocycles. The molecule has 126 valence electrons. The van der Waals surface area contributed by atoms with Gasteiger partial charge in [0.15, 0.2) is 11.5 Å². The lowest BCUT2D eigenvalue weighted by Gasteiger charge is -2.23. The second-order valence-corrected chi connectivity index (χ2v) is 5.49. The molecular weight excluding hydrogens is 313 g/mol. The maximum Gasteiger partial charge on any atom is 0.254 e. The Morgan fingerprint density at radius 2 is 2.04 bits per heavy atom. The highest BCUT2D eigenvalue weighted by atomic mass is 19.1. The largest absolute Gasteiger partial charge is 0.493 e. The van der Waals surface area contributed by atoms with Gasteiger partial charge in [-0.3, -0.25) is 4.79 Å². The number of rotatable bonds is 4. The zero-order valence-corrected chi connectivity index (χ0v) is 13.5. The molecule has 3 rings (SSSR count). The van der Waals surface area contributed by atoms with Crippen LogP contribution in [0.1, 0.15) is 15.9 Å². The predicted octanol–water partition coefficient (Wildman–Crippen LogP) is 2.88. The van der Waals surface area contributed by atoms with Gasteiger partial charge in [0, 0.05) is 19.2 Å². The highest BCUT2D eigenvalue weighted by Crippen LogP contribution is 2.40. The van der Waals surface area contributed by atoms with Crippen LogP contribution in [-0.2, 0) is 6.54 Å². The predicted molar refractivity (Wildman–Crippen MR) is 86.2 cm³/mol. The van der Waals surface area contributed by atoms with Gasteiger partial charge < -0.3 is 19.1 Å². The minimum atomic E-state index is -0.325. The molecule has 0 aromatic heterocycles. The molecule has 0 bridgehead atoms.